The molecule has 2 atom stereocenters. The number of rotatable bonds is 6. The van der Waals surface area contributed by atoms with Gasteiger partial charge in [0.2, 0.25) is 5.91 Å². The van der Waals surface area contributed by atoms with Crippen LogP contribution < -0.4 is 25.8 Å². The van der Waals surface area contributed by atoms with Crippen molar-refractivity contribution in [2.24, 2.45) is 5.73 Å². The lowest BCUT2D eigenvalue weighted by molar-refractivity contribution is -0.123. The molecule has 1 saturated heterocycles. The van der Waals surface area contributed by atoms with Gasteiger partial charge in [0.15, 0.2) is 18.1 Å². The Hall–Kier alpha value is -2.03. The predicted octanol–water partition coefficient (Wildman–Crippen LogP) is 0.297. The van der Waals surface area contributed by atoms with Gasteiger partial charge in [-0.25, -0.2) is 0 Å². The van der Waals surface area contributed by atoms with Gasteiger partial charge in [0.05, 0.1) is 19.8 Å². The molecule has 1 aromatic rings. The minimum absolute atomic E-state index is 0. The minimum Gasteiger partial charge on any atom is -0.493 e. The molecule has 2 amide bonds. The smallest absolute Gasteiger partial charge is 0.255 e. The highest BCUT2D eigenvalue weighted by atomic mass is 35.5. The Morgan fingerprint density at radius 1 is 1.42 bits per heavy atom. The molecule has 8 nitrogen and oxygen atoms in total. The van der Waals surface area contributed by atoms with Gasteiger partial charge in [-0.1, -0.05) is 0 Å². The van der Waals surface area contributed by atoms with Gasteiger partial charge < -0.3 is 30.6 Å². The van der Waals surface area contributed by atoms with Crippen LogP contribution in [0.1, 0.15) is 6.92 Å². The number of carbonyl (C=O) groups excluding carboxylic acids is 2. The van der Waals surface area contributed by atoms with Gasteiger partial charge in [0, 0.05) is 18.3 Å². The number of benzene rings is 1. The van der Waals surface area contributed by atoms with E-state index in [0.717, 1.165) is 0 Å². The average molecular weight is 360 g/mol. The molecule has 0 unspecified atom stereocenters. The second-order valence-electron chi connectivity index (χ2n) is 5.12. The number of hydrogen-bond acceptors (Lipinski definition) is 6. The zero-order valence-electron chi connectivity index (χ0n) is 13.5. The summed E-state index contributed by atoms with van der Waals surface area (Å²) in [5, 5.41) is 5.90. The van der Waals surface area contributed by atoms with Crippen molar-refractivity contribution in [2.45, 2.75) is 19.1 Å². The zero-order valence-corrected chi connectivity index (χ0v) is 14.4. The fraction of sp³-hybridized carbons (Fsp3) is 0.467. The van der Waals surface area contributed by atoms with Crippen LogP contribution in [0, 0.1) is 0 Å². The highest BCUT2D eigenvalue weighted by molar-refractivity contribution is 5.95. The first kappa shape index (κ1) is 20.0. The van der Waals surface area contributed by atoms with Crippen molar-refractivity contribution in [3.8, 4) is 11.5 Å². The third-order valence-corrected chi connectivity index (χ3v) is 3.40. The van der Waals surface area contributed by atoms with Crippen LogP contribution in [0.5, 0.6) is 11.5 Å². The number of amides is 2. The summed E-state index contributed by atoms with van der Waals surface area (Å²) in [7, 11) is 1.48. The summed E-state index contributed by atoms with van der Waals surface area (Å²) in [5.74, 6) is -0.0381. The molecule has 2 rings (SSSR count). The first-order valence-corrected chi connectivity index (χ1v) is 7.26. The Balaban J connectivity index is 0.00000288. The summed E-state index contributed by atoms with van der Waals surface area (Å²) in [5.41, 5.74) is 5.59. The van der Waals surface area contributed by atoms with E-state index >= 15 is 0 Å². The van der Waals surface area contributed by atoms with Crippen molar-refractivity contribution in [2.75, 3.05) is 32.2 Å². The summed E-state index contributed by atoms with van der Waals surface area (Å²) in [6.45, 7) is 2.77. The molecule has 1 fully saturated rings. The quantitative estimate of drug-likeness (QED) is 0.673. The SMILES string of the molecule is COc1ccc(NC(=O)[C@H]2NCCO[C@@H]2C)cc1OCC(N)=O.Cl. The fourth-order valence-electron chi connectivity index (χ4n) is 2.26. The largest absolute Gasteiger partial charge is 0.493 e. The van der Waals surface area contributed by atoms with E-state index in [1.165, 1.54) is 7.11 Å². The van der Waals surface area contributed by atoms with Crippen molar-refractivity contribution in [3.63, 3.8) is 0 Å². The van der Waals surface area contributed by atoms with Crippen LogP contribution in [0.2, 0.25) is 0 Å². The molecule has 0 spiro atoms. The number of anilines is 1. The number of nitrogens with two attached hydrogens (primary N) is 1. The Kier molecular flexibility index (Phi) is 7.76. The third kappa shape index (κ3) is 5.26. The van der Waals surface area contributed by atoms with Crippen LogP contribution in [0.15, 0.2) is 18.2 Å². The van der Waals surface area contributed by atoms with Gasteiger partial charge in [-0.2, -0.15) is 0 Å². The number of carbonyl (C=O) groups is 2. The predicted molar refractivity (Wildman–Crippen MR) is 90.8 cm³/mol. The van der Waals surface area contributed by atoms with Gasteiger partial charge in [0.25, 0.3) is 5.91 Å². The van der Waals surface area contributed by atoms with E-state index in [-0.39, 0.29) is 31.0 Å². The second kappa shape index (κ2) is 9.31. The molecule has 1 heterocycles. The van der Waals surface area contributed by atoms with E-state index in [2.05, 4.69) is 10.6 Å². The van der Waals surface area contributed by atoms with Crippen LogP contribution in [-0.2, 0) is 14.3 Å². The molecule has 1 aliphatic heterocycles. The number of hydrogen-bond donors (Lipinski definition) is 3. The van der Waals surface area contributed by atoms with E-state index in [4.69, 9.17) is 19.9 Å². The molecule has 134 valence electrons. The molecule has 1 aromatic carbocycles. The second-order valence-corrected chi connectivity index (χ2v) is 5.12. The summed E-state index contributed by atoms with van der Waals surface area (Å²) in [4.78, 5) is 23.2. The number of halogens is 1. The maximum atomic E-state index is 12.3. The number of primary amides is 1. The molecule has 4 N–H and O–H groups in total. The van der Waals surface area contributed by atoms with Crippen molar-refractivity contribution in [1.82, 2.24) is 5.32 Å². The Morgan fingerprint density at radius 2 is 2.17 bits per heavy atom. The van der Waals surface area contributed by atoms with Crippen LogP contribution in [0.3, 0.4) is 0 Å². The standard InChI is InChI=1S/C15H21N3O5.ClH/c1-9-14(17-5-6-22-9)15(20)18-10-3-4-11(21-2)12(7-10)23-8-13(16)19;/h3-4,7,9,14,17H,5-6,8H2,1-2H3,(H2,16,19)(H,18,20);1H/t9-,14+;/m1./s1. The highest BCUT2D eigenvalue weighted by Crippen LogP contribution is 2.30. The average Bonchev–Trinajstić information content (AvgIpc) is 2.53. The van der Waals surface area contributed by atoms with Crippen molar-refractivity contribution >= 4 is 29.9 Å². The Morgan fingerprint density at radius 3 is 2.79 bits per heavy atom. The van der Waals surface area contributed by atoms with E-state index in [1.807, 2.05) is 6.92 Å². The normalized spacial score (nSPS) is 19.8. The van der Waals surface area contributed by atoms with Crippen LogP contribution in [0.25, 0.3) is 0 Å². The van der Waals surface area contributed by atoms with Crippen molar-refractivity contribution in [1.29, 1.82) is 0 Å². The van der Waals surface area contributed by atoms with E-state index < -0.39 is 11.9 Å². The van der Waals surface area contributed by atoms with E-state index in [0.29, 0.717) is 30.3 Å². The monoisotopic (exact) mass is 359 g/mol. The maximum absolute atomic E-state index is 12.3. The van der Waals surface area contributed by atoms with Gasteiger partial charge in [-0.3, -0.25) is 9.59 Å². The first-order chi connectivity index (χ1) is 11.0. The summed E-state index contributed by atoms with van der Waals surface area (Å²) >= 11 is 0. The first-order valence-electron chi connectivity index (χ1n) is 7.26. The molecule has 9 heteroatoms. The molecule has 1 aliphatic rings. The minimum atomic E-state index is -0.598. The molecule has 0 aromatic heterocycles. The summed E-state index contributed by atoms with van der Waals surface area (Å²) in [6, 6.07) is 4.47. The third-order valence-electron chi connectivity index (χ3n) is 3.40. The molecular formula is C15H22ClN3O5. The number of ether oxygens (including phenoxy) is 3. The summed E-state index contributed by atoms with van der Waals surface area (Å²) < 4.78 is 15.9. The van der Waals surface area contributed by atoms with Gasteiger partial charge in [0.1, 0.15) is 6.04 Å². The van der Waals surface area contributed by atoms with Crippen molar-refractivity contribution < 1.29 is 23.8 Å². The highest BCUT2D eigenvalue weighted by Gasteiger charge is 2.28. The Labute approximate surface area is 146 Å². The molecule has 0 aliphatic carbocycles. The lowest BCUT2D eigenvalue weighted by atomic mass is 10.1. The van der Waals surface area contributed by atoms with Crippen LogP contribution >= 0.6 is 12.4 Å². The molecule has 0 radical (unpaired) electrons. The lowest BCUT2D eigenvalue weighted by Crippen LogP contribution is -2.53. The lowest BCUT2D eigenvalue weighted by Gasteiger charge is -2.29. The van der Waals surface area contributed by atoms with E-state index in [9.17, 15) is 9.59 Å². The maximum Gasteiger partial charge on any atom is 0.255 e. The topological polar surface area (TPSA) is 112 Å². The Bertz CT molecular complexity index is 584. The van der Waals surface area contributed by atoms with Gasteiger partial charge >= 0.3 is 0 Å². The summed E-state index contributed by atoms with van der Waals surface area (Å²) in [6.07, 6.45) is -0.215. The molecule has 24 heavy (non-hydrogen) atoms. The van der Waals surface area contributed by atoms with Crippen LogP contribution in [0.4, 0.5) is 5.69 Å². The molecular weight excluding hydrogens is 338 g/mol. The molecule has 0 saturated carbocycles. The fourth-order valence-corrected chi connectivity index (χ4v) is 2.26. The zero-order chi connectivity index (χ0) is 16.8. The van der Waals surface area contributed by atoms with Crippen LogP contribution in [-0.4, -0.2) is 50.8 Å². The van der Waals surface area contributed by atoms with Gasteiger partial charge in [-0.05, 0) is 19.1 Å². The molecule has 0 bridgehead atoms. The number of nitrogens with one attached hydrogen (secondary N) is 2. The van der Waals surface area contributed by atoms with Crippen molar-refractivity contribution in [3.05, 3.63) is 18.2 Å². The van der Waals surface area contributed by atoms with E-state index in [1.54, 1.807) is 18.2 Å². The number of methoxy groups -OCH3 is 1. The number of morpholine rings is 1. The van der Waals surface area contributed by atoms with Gasteiger partial charge in [-0.15, -0.1) is 12.4 Å².